The number of carbonyl (C=O) groups is 1. The second-order valence-electron chi connectivity index (χ2n) is 0.766. The smallest absolute Gasteiger partial charge is 1.00 e. The third-order valence-electron chi connectivity index (χ3n) is 0. The second kappa shape index (κ2) is 12.1. The molecule has 0 aromatic heterocycles. The Morgan fingerprint density at radius 3 is 1.56 bits per heavy atom. The summed E-state index contributed by atoms with van der Waals surface area (Å²) in [4.78, 5) is 9.00. The number of carboxylic acid groups (broad SMARTS) is 1. The summed E-state index contributed by atoms with van der Waals surface area (Å²) in [5.41, 5.74) is 0. The van der Waals surface area contributed by atoms with Crippen molar-refractivity contribution in [1.29, 1.82) is 0 Å². The molecule has 0 heterocycles. The van der Waals surface area contributed by atoms with E-state index in [0.29, 0.717) is 0 Å². The minimum atomic E-state index is -0.833. The number of aliphatic carboxylic acids is 1. The molecule has 0 rings (SSSR count). The molecule has 0 aromatic rings. The first-order chi connectivity index (χ1) is 3.46. The van der Waals surface area contributed by atoms with Crippen molar-refractivity contribution in [2.24, 2.45) is 0 Å². The zero-order chi connectivity index (χ0) is 7.15. The van der Waals surface area contributed by atoms with Crippen molar-refractivity contribution >= 4 is 40.8 Å². The Kier molecular flexibility index (Phi) is 22.4. The van der Waals surface area contributed by atoms with Crippen molar-refractivity contribution in [3.8, 4) is 0 Å². The van der Waals surface area contributed by atoms with Gasteiger partial charge in [-0.25, -0.2) is 0 Å². The Morgan fingerprint density at radius 2 is 1.56 bits per heavy atom. The van der Waals surface area contributed by atoms with Crippen LogP contribution in [0.5, 0.6) is 0 Å². The average Bonchev–Trinajstić information content (AvgIpc) is 1.25. The van der Waals surface area contributed by atoms with Crippen molar-refractivity contribution in [2.75, 3.05) is 0 Å². The Balaban J connectivity index is -0.0000000300. The zero-order valence-electron chi connectivity index (χ0n) is 6.07. The molecule has 6 heteroatoms. The summed E-state index contributed by atoms with van der Waals surface area (Å²) in [7, 11) is 0. The van der Waals surface area contributed by atoms with Crippen LogP contribution in [0.3, 0.4) is 0 Å². The number of rotatable bonds is 0. The largest absolute Gasteiger partial charge is 1.00 e. The molecule has 52 valence electrons. The van der Waals surface area contributed by atoms with Gasteiger partial charge in [-0.05, 0) is 0 Å². The van der Waals surface area contributed by atoms with Crippen LogP contribution >= 0.6 is 34.8 Å². The summed E-state index contributed by atoms with van der Waals surface area (Å²) in [6, 6.07) is 0. The van der Waals surface area contributed by atoms with E-state index >= 15 is 0 Å². The molecule has 0 aromatic carbocycles. The summed E-state index contributed by atoms with van der Waals surface area (Å²) in [5.74, 6) is -0.833. The van der Waals surface area contributed by atoms with Crippen LogP contribution in [0.2, 0.25) is 0 Å². The van der Waals surface area contributed by atoms with E-state index in [0.717, 1.165) is 6.92 Å². The van der Waals surface area contributed by atoms with Crippen molar-refractivity contribution < 1.29 is 40.9 Å². The van der Waals surface area contributed by atoms with Crippen molar-refractivity contribution in [3.63, 3.8) is 0 Å². The van der Waals surface area contributed by atoms with E-state index in [1.165, 1.54) is 0 Å². The molecule has 0 amide bonds. The van der Waals surface area contributed by atoms with Gasteiger partial charge in [-0.15, -0.1) is 0 Å². The molecule has 0 saturated carbocycles. The Hall–Kier alpha value is 1.34. The number of halogens is 3. The minimum absolute atomic E-state index is 0. The van der Waals surface area contributed by atoms with E-state index in [2.05, 4.69) is 0 Å². The zero-order valence-corrected chi connectivity index (χ0v) is 9.33. The van der Waals surface area contributed by atoms with Gasteiger partial charge in [0.2, 0.25) is 0 Å². The van der Waals surface area contributed by atoms with Crippen molar-refractivity contribution in [1.82, 2.24) is 0 Å². The second-order valence-corrected chi connectivity index (χ2v) is 2.75. The van der Waals surface area contributed by atoms with Crippen LogP contribution in [0.1, 0.15) is 8.35 Å². The normalized spacial score (nSPS) is 6.78. The van der Waals surface area contributed by atoms with Gasteiger partial charge >= 0.3 is 29.6 Å². The fourth-order valence-corrected chi connectivity index (χ4v) is 0. The number of hydrogen-bond acceptors (Lipinski definition) is 1. The fourth-order valence-electron chi connectivity index (χ4n) is 0. The van der Waals surface area contributed by atoms with E-state index in [4.69, 9.17) is 44.7 Å². The maximum Gasteiger partial charge on any atom is 1.00 e. The molecule has 0 unspecified atom stereocenters. The van der Waals surface area contributed by atoms with Gasteiger partial charge in [0, 0.05) is 6.92 Å². The Morgan fingerprint density at radius 1 is 1.56 bits per heavy atom. The summed E-state index contributed by atoms with van der Waals surface area (Å²) in [6.07, 6.45) is 0. The number of hydrogen-bond donors (Lipinski definition) is 1. The van der Waals surface area contributed by atoms with Crippen LogP contribution in [0, 0.1) is 0 Å². The van der Waals surface area contributed by atoms with Crippen LogP contribution < -0.4 is 29.6 Å². The van der Waals surface area contributed by atoms with E-state index in [9.17, 15) is 0 Å². The number of alkyl halides is 3. The van der Waals surface area contributed by atoms with Gasteiger partial charge in [0.05, 0.1) is 0 Å². The van der Waals surface area contributed by atoms with Gasteiger partial charge in [0.15, 0.2) is 4.30 Å². The third-order valence-corrected chi connectivity index (χ3v) is 0. The minimum Gasteiger partial charge on any atom is -1.00 e. The molecule has 0 aliphatic heterocycles. The van der Waals surface area contributed by atoms with E-state index in [1.807, 2.05) is 0 Å². The predicted molar refractivity (Wildman–Crippen MR) is 35.8 cm³/mol. The SMILES string of the molecule is CC(=O)O.ClC(Cl)Cl.[H-].[Na+]. The summed E-state index contributed by atoms with van der Waals surface area (Å²) < 4.78 is -0.750. The standard InChI is InChI=1S/C2H4O2.CHCl3.Na.H/c1-2(3)4;2-1(3)4;;/h1H3,(H,3,4);1H;;/q;;+1;-1. The van der Waals surface area contributed by atoms with Gasteiger partial charge < -0.3 is 6.53 Å². The summed E-state index contributed by atoms with van der Waals surface area (Å²) in [5, 5.41) is 7.42. The molecule has 0 bridgehead atoms. The van der Waals surface area contributed by atoms with Crippen LogP contribution in [0.15, 0.2) is 0 Å². The Labute approximate surface area is 92.2 Å². The van der Waals surface area contributed by atoms with E-state index < -0.39 is 10.3 Å². The van der Waals surface area contributed by atoms with Gasteiger partial charge in [0.25, 0.3) is 5.97 Å². The maximum absolute atomic E-state index is 9.00. The van der Waals surface area contributed by atoms with Crippen LogP contribution in [0.25, 0.3) is 0 Å². The quantitative estimate of drug-likeness (QED) is 0.413. The maximum atomic E-state index is 9.00. The molecule has 0 aliphatic rings. The van der Waals surface area contributed by atoms with Crippen LogP contribution in [-0.2, 0) is 4.79 Å². The molecule has 1 N–H and O–H groups in total. The van der Waals surface area contributed by atoms with Crippen LogP contribution in [0.4, 0.5) is 0 Å². The average molecular weight is 203 g/mol. The molecular weight excluding hydrogens is 197 g/mol. The molecule has 2 nitrogen and oxygen atoms in total. The van der Waals surface area contributed by atoms with Crippen molar-refractivity contribution in [3.05, 3.63) is 0 Å². The predicted octanol–water partition coefficient (Wildman–Crippen LogP) is -0.806. The Bertz CT molecular complexity index is 66.0. The molecule has 0 radical (unpaired) electrons. The summed E-state index contributed by atoms with van der Waals surface area (Å²) >= 11 is 14.4. The monoisotopic (exact) mass is 202 g/mol. The fraction of sp³-hybridized carbons (Fsp3) is 0.667. The summed E-state index contributed by atoms with van der Waals surface area (Å²) in [6.45, 7) is 1.08. The molecule has 0 aliphatic carbocycles. The van der Waals surface area contributed by atoms with E-state index in [-0.39, 0.29) is 31.0 Å². The van der Waals surface area contributed by atoms with E-state index in [1.54, 1.807) is 0 Å². The topological polar surface area (TPSA) is 37.3 Å². The molecule has 0 spiro atoms. The molecule has 9 heavy (non-hydrogen) atoms. The van der Waals surface area contributed by atoms with Crippen LogP contribution in [-0.4, -0.2) is 15.4 Å². The van der Waals surface area contributed by atoms with Crippen molar-refractivity contribution in [2.45, 2.75) is 11.2 Å². The first-order valence-corrected chi connectivity index (χ1v) is 2.89. The molecule has 0 saturated heterocycles. The van der Waals surface area contributed by atoms with Gasteiger partial charge in [-0.3, -0.25) is 4.79 Å². The van der Waals surface area contributed by atoms with Gasteiger partial charge in [-0.1, -0.05) is 34.8 Å². The van der Waals surface area contributed by atoms with Gasteiger partial charge in [0.1, 0.15) is 0 Å². The first-order valence-electron chi connectivity index (χ1n) is 1.58. The van der Waals surface area contributed by atoms with Gasteiger partial charge in [-0.2, -0.15) is 0 Å². The first kappa shape index (κ1) is 16.7. The third kappa shape index (κ3) is 280. The molecule has 0 fully saturated rings. The molecular formula is C3H6Cl3NaO2. The molecule has 0 atom stereocenters. The number of carboxylic acids is 1.